The highest BCUT2D eigenvalue weighted by Gasteiger charge is 2.08. The van der Waals surface area contributed by atoms with Gasteiger partial charge in [0.2, 0.25) is 0 Å². The number of carboxylic acid groups (broad SMARTS) is 1. The van der Waals surface area contributed by atoms with Crippen molar-refractivity contribution < 1.29 is 19.4 Å². The second-order valence-corrected chi connectivity index (χ2v) is 3.35. The van der Waals surface area contributed by atoms with E-state index in [0.717, 1.165) is 0 Å². The molecule has 1 atom stereocenters. The molecule has 3 nitrogen and oxygen atoms in total. The minimum Gasteiger partial charge on any atom is -0.481 e. The highest BCUT2D eigenvalue weighted by Crippen LogP contribution is 2.19. The highest BCUT2D eigenvalue weighted by atomic mass is 19.1. The summed E-state index contributed by atoms with van der Waals surface area (Å²) in [5, 5.41) is 18.0. The van der Waals surface area contributed by atoms with Gasteiger partial charge < -0.3 is 10.2 Å². The summed E-state index contributed by atoms with van der Waals surface area (Å²) in [7, 11) is 0. The molecule has 0 spiro atoms. The average molecular weight is 212 g/mol. The third-order valence-electron chi connectivity index (χ3n) is 2.12. The molecule has 0 radical (unpaired) electrons. The van der Waals surface area contributed by atoms with E-state index in [0.29, 0.717) is 18.4 Å². The molecule has 1 aromatic rings. The predicted octanol–water partition coefficient (Wildman–Crippen LogP) is 2.11. The van der Waals surface area contributed by atoms with Gasteiger partial charge in [0.05, 0.1) is 6.10 Å². The number of halogens is 1. The number of hydrogen-bond acceptors (Lipinski definition) is 2. The minimum atomic E-state index is -0.874. The van der Waals surface area contributed by atoms with Gasteiger partial charge in [0.15, 0.2) is 0 Å². The second-order valence-electron chi connectivity index (χ2n) is 3.35. The van der Waals surface area contributed by atoms with E-state index in [-0.39, 0.29) is 12.2 Å². The van der Waals surface area contributed by atoms with Gasteiger partial charge >= 0.3 is 5.97 Å². The molecule has 0 amide bonds. The van der Waals surface area contributed by atoms with Gasteiger partial charge in [0.25, 0.3) is 0 Å². The lowest BCUT2D eigenvalue weighted by Crippen LogP contribution is -2.00. The highest BCUT2D eigenvalue weighted by molar-refractivity contribution is 5.66. The van der Waals surface area contributed by atoms with Crippen molar-refractivity contribution in [2.75, 3.05) is 0 Å². The predicted molar refractivity (Wildman–Crippen MR) is 52.8 cm³/mol. The number of aliphatic hydroxyl groups is 1. The first-order valence-electron chi connectivity index (χ1n) is 4.75. The van der Waals surface area contributed by atoms with Crippen LogP contribution in [0, 0.1) is 5.82 Å². The van der Waals surface area contributed by atoms with Crippen molar-refractivity contribution in [2.24, 2.45) is 0 Å². The standard InChI is InChI=1S/C11H13FO3/c12-9-6-4-8(5-7-9)10(13)2-1-3-11(14)15/h4-7,10,13H,1-3H2,(H,14,15)/t10-/m0/s1. The van der Waals surface area contributed by atoms with Gasteiger partial charge in [-0.15, -0.1) is 0 Å². The van der Waals surface area contributed by atoms with Crippen molar-refractivity contribution in [2.45, 2.75) is 25.4 Å². The lowest BCUT2D eigenvalue weighted by molar-refractivity contribution is -0.137. The molecule has 0 aromatic heterocycles. The molecule has 15 heavy (non-hydrogen) atoms. The van der Waals surface area contributed by atoms with E-state index in [1.165, 1.54) is 24.3 Å². The Labute approximate surface area is 87.2 Å². The Morgan fingerprint density at radius 1 is 1.33 bits per heavy atom. The largest absolute Gasteiger partial charge is 0.481 e. The van der Waals surface area contributed by atoms with Crippen LogP contribution in [0.1, 0.15) is 30.9 Å². The van der Waals surface area contributed by atoms with E-state index in [2.05, 4.69) is 0 Å². The Morgan fingerprint density at radius 3 is 2.47 bits per heavy atom. The van der Waals surface area contributed by atoms with Crippen LogP contribution < -0.4 is 0 Å². The molecule has 82 valence electrons. The smallest absolute Gasteiger partial charge is 0.303 e. The van der Waals surface area contributed by atoms with Crippen LogP contribution >= 0.6 is 0 Å². The fourth-order valence-electron chi connectivity index (χ4n) is 1.30. The molecule has 1 aromatic carbocycles. The van der Waals surface area contributed by atoms with Crippen LogP contribution in [0.15, 0.2) is 24.3 Å². The molecule has 0 aliphatic rings. The molecule has 0 unspecified atom stereocenters. The SMILES string of the molecule is O=C(O)CCC[C@H](O)c1ccc(F)cc1. The second kappa shape index (κ2) is 5.46. The molecule has 0 saturated carbocycles. The van der Waals surface area contributed by atoms with Crippen LogP contribution in [0.25, 0.3) is 0 Å². The van der Waals surface area contributed by atoms with Crippen molar-refractivity contribution in [3.63, 3.8) is 0 Å². The fraction of sp³-hybridized carbons (Fsp3) is 0.364. The maximum Gasteiger partial charge on any atom is 0.303 e. The molecule has 0 saturated heterocycles. The summed E-state index contributed by atoms with van der Waals surface area (Å²) < 4.78 is 12.5. The Balaban J connectivity index is 2.43. The Bertz CT molecular complexity index is 321. The topological polar surface area (TPSA) is 57.5 Å². The number of carbonyl (C=O) groups is 1. The van der Waals surface area contributed by atoms with Gasteiger partial charge in [0.1, 0.15) is 5.82 Å². The lowest BCUT2D eigenvalue weighted by Gasteiger charge is -2.09. The lowest BCUT2D eigenvalue weighted by atomic mass is 10.0. The maximum absolute atomic E-state index is 12.5. The van der Waals surface area contributed by atoms with Crippen LogP contribution in [0.5, 0.6) is 0 Å². The van der Waals surface area contributed by atoms with E-state index in [1.54, 1.807) is 0 Å². The van der Waals surface area contributed by atoms with Crippen molar-refractivity contribution >= 4 is 5.97 Å². The van der Waals surface area contributed by atoms with Crippen LogP contribution in [0.3, 0.4) is 0 Å². The summed E-state index contributed by atoms with van der Waals surface area (Å²) >= 11 is 0. The van der Waals surface area contributed by atoms with Crippen LogP contribution in [0.4, 0.5) is 4.39 Å². The number of carboxylic acids is 1. The molecule has 2 N–H and O–H groups in total. The van der Waals surface area contributed by atoms with Gasteiger partial charge in [-0.2, -0.15) is 0 Å². The summed E-state index contributed by atoms with van der Waals surface area (Å²) in [5.74, 6) is -1.22. The Kier molecular flexibility index (Phi) is 4.24. The third kappa shape index (κ3) is 4.08. The number of rotatable bonds is 5. The molecule has 0 fully saturated rings. The molecule has 0 heterocycles. The number of aliphatic hydroxyl groups excluding tert-OH is 1. The number of aliphatic carboxylic acids is 1. The molecular weight excluding hydrogens is 199 g/mol. The summed E-state index contributed by atoms with van der Waals surface area (Å²) in [6.45, 7) is 0. The van der Waals surface area contributed by atoms with Crippen LogP contribution in [-0.4, -0.2) is 16.2 Å². The van der Waals surface area contributed by atoms with E-state index in [4.69, 9.17) is 5.11 Å². The Morgan fingerprint density at radius 2 is 1.93 bits per heavy atom. The molecule has 4 heteroatoms. The molecule has 0 bridgehead atoms. The van der Waals surface area contributed by atoms with Crippen molar-refractivity contribution in [1.29, 1.82) is 0 Å². The van der Waals surface area contributed by atoms with Gasteiger partial charge in [-0.05, 0) is 30.5 Å². The van der Waals surface area contributed by atoms with Crippen molar-refractivity contribution in [3.05, 3.63) is 35.6 Å². The van der Waals surface area contributed by atoms with E-state index < -0.39 is 12.1 Å². The zero-order chi connectivity index (χ0) is 11.3. The first-order valence-corrected chi connectivity index (χ1v) is 4.75. The summed E-state index contributed by atoms with van der Waals surface area (Å²) in [4.78, 5) is 10.2. The monoisotopic (exact) mass is 212 g/mol. The van der Waals surface area contributed by atoms with Crippen LogP contribution in [0.2, 0.25) is 0 Å². The molecule has 1 rings (SSSR count). The van der Waals surface area contributed by atoms with E-state index in [1.807, 2.05) is 0 Å². The third-order valence-corrected chi connectivity index (χ3v) is 2.12. The van der Waals surface area contributed by atoms with Gasteiger partial charge in [0, 0.05) is 6.42 Å². The first kappa shape index (κ1) is 11.7. The van der Waals surface area contributed by atoms with Crippen molar-refractivity contribution in [1.82, 2.24) is 0 Å². The van der Waals surface area contributed by atoms with Crippen molar-refractivity contribution in [3.8, 4) is 0 Å². The zero-order valence-corrected chi connectivity index (χ0v) is 8.19. The molecule has 0 aliphatic carbocycles. The normalized spacial score (nSPS) is 12.4. The van der Waals surface area contributed by atoms with Gasteiger partial charge in [-0.3, -0.25) is 4.79 Å². The zero-order valence-electron chi connectivity index (χ0n) is 8.19. The number of hydrogen-bond donors (Lipinski definition) is 2. The van der Waals surface area contributed by atoms with E-state index in [9.17, 15) is 14.3 Å². The first-order chi connectivity index (χ1) is 7.09. The Hall–Kier alpha value is -1.42. The van der Waals surface area contributed by atoms with Gasteiger partial charge in [-0.25, -0.2) is 4.39 Å². The minimum absolute atomic E-state index is 0.0399. The van der Waals surface area contributed by atoms with Crippen LogP contribution in [-0.2, 0) is 4.79 Å². The summed E-state index contributed by atoms with van der Waals surface area (Å²) in [6.07, 6.45) is 0.106. The average Bonchev–Trinajstić information content (AvgIpc) is 2.18. The maximum atomic E-state index is 12.5. The number of benzene rings is 1. The van der Waals surface area contributed by atoms with Gasteiger partial charge in [-0.1, -0.05) is 12.1 Å². The molecular formula is C11H13FO3. The summed E-state index contributed by atoms with van der Waals surface area (Å²) in [6, 6.07) is 5.55. The quantitative estimate of drug-likeness (QED) is 0.785. The summed E-state index contributed by atoms with van der Waals surface area (Å²) in [5.41, 5.74) is 0.613. The fourth-order valence-corrected chi connectivity index (χ4v) is 1.30. The molecule has 0 aliphatic heterocycles. The van der Waals surface area contributed by atoms with E-state index >= 15 is 0 Å².